The van der Waals surface area contributed by atoms with Gasteiger partial charge in [-0.2, -0.15) is 0 Å². The molecule has 0 saturated heterocycles. The van der Waals surface area contributed by atoms with Crippen LogP contribution in [0.1, 0.15) is 42.6 Å². The molecule has 1 N–H and O–H groups in total. The van der Waals surface area contributed by atoms with Crippen molar-refractivity contribution in [1.29, 1.82) is 0 Å². The molecule has 2 aromatic rings. The van der Waals surface area contributed by atoms with Gasteiger partial charge >= 0.3 is 0 Å². The van der Waals surface area contributed by atoms with Crippen LogP contribution in [0.4, 0.5) is 0 Å². The van der Waals surface area contributed by atoms with Gasteiger partial charge in [-0.1, -0.05) is 60.1 Å². The molecule has 2 rings (SSSR count). The van der Waals surface area contributed by atoms with Gasteiger partial charge in [0, 0.05) is 4.47 Å². The molecule has 0 radical (unpaired) electrons. The number of hydrogen-bond donors (Lipinski definition) is 1. The van der Waals surface area contributed by atoms with Gasteiger partial charge in [-0.3, -0.25) is 0 Å². The van der Waals surface area contributed by atoms with Crippen molar-refractivity contribution in [2.75, 3.05) is 7.11 Å². The van der Waals surface area contributed by atoms with E-state index in [9.17, 15) is 5.11 Å². The van der Waals surface area contributed by atoms with E-state index in [2.05, 4.69) is 41.9 Å². The minimum atomic E-state index is -0.642. The molecule has 3 heteroatoms. The van der Waals surface area contributed by atoms with Crippen LogP contribution in [0.15, 0.2) is 46.9 Å². The van der Waals surface area contributed by atoms with Gasteiger partial charge in [-0.15, -0.1) is 0 Å². The molecule has 0 aliphatic rings. The minimum absolute atomic E-state index is 0.494. The highest BCUT2D eigenvalue weighted by molar-refractivity contribution is 9.10. The van der Waals surface area contributed by atoms with Crippen LogP contribution in [0.5, 0.6) is 5.75 Å². The van der Waals surface area contributed by atoms with E-state index in [4.69, 9.17) is 4.74 Å². The number of aliphatic hydroxyl groups excluding tert-OH is 1. The van der Waals surface area contributed by atoms with Crippen molar-refractivity contribution >= 4 is 15.9 Å². The van der Waals surface area contributed by atoms with E-state index in [1.807, 2.05) is 30.3 Å². The van der Waals surface area contributed by atoms with Gasteiger partial charge in [0.2, 0.25) is 0 Å². The van der Waals surface area contributed by atoms with Crippen molar-refractivity contribution in [1.82, 2.24) is 0 Å². The average molecular weight is 335 g/mol. The molecule has 1 unspecified atom stereocenters. The Morgan fingerprint density at radius 1 is 1.00 bits per heavy atom. The summed E-state index contributed by atoms with van der Waals surface area (Å²) in [5, 5.41) is 10.5. The van der Waals surface area contributed by atoms with Crippen molar-refractivity contribution < 1.29 is 9.84 Å². The maximum Gasteiger partial charge on any atom is 0.120 e. The number of aliphatic hydroxyl groups is 1. The summed E-state index contributed by atoms with van der Waals surface area (Å²) in [7, 11) is 1.63. The third-order valence-electron chi connectivity index (χ3n) is 3.42. The summed E-state index contributed by atoms with van der Waals surface area (Å²) in [6.45, 7) is 4.32. The van der Waals surface area contributed by atoms with Crippen LogP contribution in [0.2, 0.25) is 0 Å². The number of hydrogen-bond acceptors (Lipinski definition) is 2. The zero-order valence-corrected chi connectivity index (χ0v) is 13.5. The van der Waals surface area contributed by atoms with E-state index < -0.39 is 6.10 Å². The van der Waals surface area contributed by atoms with E-state index in [-0.39, 0.29) is 0 Å². The van der Waals surface area contributed by atoms with Crippen molar-refractivity contribution in [3.05, 3.63) is 63.6 Å². The molecule has 0 spiro atoms. The summed E-state index contributed by atoms with van der Waals surface area (Å²) in [5.41, 5.74) is 3.00. The predicted octanol–water partition coefficient (Wildman–Crippen LogP) is 4.66. The zero-order chi connectivity index (χ0) is 14.7. The minimum Gasteiger partial charge on any atom is -0.497 e. The predicted molar refractivity (Wildman–Crippen MR) is 85.3 cm³/mol. The maximum absolute atomic E-state index is 10.5. The van der Waals surface area contributed by atoms with Gasteiger partial charge in [-0.05, 0) is 34.7 Å². The quantitative estimate of drug-likeness (QED) is 0.880. The first kappa shape index (κ1) is 15.1. The molecule has 2 nitrogen and oxygen atoms in total. The Labute approximate surface area is 128 Å². The Kier molecular flexibility index (Phi) is 4.84. The highest BCUT2D eigenvalue weighted by Crippen LogP contribution is 2.31. The van der Waals surface area contributed by atoms with Crippen LogP contribution < -0.4 is 4.74 Å². The number of rotatable bonds is 4. The highest BCUT2D eigenvalue weighted by Gasteiger charge is 2.14. The normalized spacial score (nSPS) is 12.5. The zero-order valence-electron chi connectivity index (χ0n) is 11.9. The number of halogens is 1. The number of benzene rings is 2. The van der Waals surface area contributed by atoms with Crippen LogP contribution in [0.25, 0.3) is 0 Å². The Bertz CT molecular complexity index is 576. The average Bonchev–Trinajstić information content (AvgIpc) is 2.46. The SMILES string of the molecule is COc1ccc(C(O)c2ccc(C(C)C)cc2)c(Br)c1. The van der Waals surface area contributed by atoms with E-state index in [1.165, 1.54) is 5.56 Å². The molecule has 0 saturated carbocycles. The van der Waals surface area contributed by atoms with Crippen LogP contribution in [0.3, 0.4) is 0 Å². The third-order valence-corrected chi connectivity index (χ3v) is 4.11. The molecule has 2 aromatic carbocycles. The molecule has 0 aromatic heterocycles. The maximum atomic E-state index is 10.5. The van der Waals surface area contributed by atoms with E-state index >= 15 is 0 Å². The smallest absolute Gasteiger partial charge is 0.120 e. The van der Waals surface area contributed by atoms with Gasteiger partial charge in [-0.25, -0.2) is 0 Å². The molecule has 0 amide bonds. The van der Waals surface area contributed by atoms with Crippen molar-refractivity contribution in [2.45, 2.75) is 25.9 Å². The van der Waals surface area contributed by atoms with Gasteiger partial charge in [0.05, 0.1) is 7.11 Å². The fourth-order valence-corrected chi connectivity index (χ4v) is 2.67. The van der Waals surface area contributed by atoms with Crippen molar-refractivity contribution in [2.24, 2.45) is 0 Å². The summed E-state index contributed by atoms with van der Waals surface area (Å²) in [4.78, 5) is 0. The first-order valence-electron chi connectivity index (χ1n) is 6.64. The second-order valence-corrected chi connectivity index (χ2v) is 5.97. The van der Waals surface area contributed by atoms with E-state index in [1.54, 1.807) is 7.11 Å². The number of ether oxygens (including phenoxy) is 1. The molecule has 1 atom stereocenters. The van der Waals surface area contributed by atoms with Gasteiger partial charge < -0.3 is 9.84 Å². The molecule has 0 aliphatic carbocycles. The molecule has 106 valence electrons. The Balaban J connectivity index is 2.28. The molecule has 0 bridgehead atoms. The molecule has 0 aliphatic heterocycles. The molecule has 0 heterocycles. The van der Waals surface area contributed by atoms with Crippen LogP contribution >= 0.6 is 15.9 Å². The first-order chi connectivity index (χ1) is 9.52. The van der Waals surface area contributed by atoms with E-state index in [0.717, 1.165) is 21.3 Å². The Hall–Kier alpha value is -1.32. The summed E-state index contributed by atoms with van der Waals surface area (Å²) in [5.74, 6) is 1.26. The fraction of sp³-hybridized carbons (Fsp3) is 0.294. The molecule has 0 fully saturated rings. The first-order valence-corrected chi connectivity index (χ1v) is 7.43. The molecule has 20 heavy (non-hydrogen) atoms. The topological polar surface area (TPSA) is 29.5 Å². The summed E-state index contributed by atoms with van der Waals surface area (Å²) < 4.78 is 6.01. The van der Waals surface area contributed by atoms with Crippen molar-refractivity contribution in [3.8, 4) is 5.75 Å². The van der Waals surface area contributed by atoms with Gasteiger partial charge in [0.25, 0.3) is 0 Å². The second-order valence-electron chi connectivity index (χ2n) is 5.11. The second kappa shape index (κ2) is 6.42. The number of methoxy groups -OCH3 is 1. The molecular formula is C17H19BrO2. The standard InChI is InChI=1S/C17H19BrO2/c1-11(2)12-4-6-13(7-5-12)17(19)15-9-8-14(20-3)10-16(15)18/h4-11,17,19H,1-3H3. The summed E-state index contributed by atoms with van der Waals surface area (Å²) >= 11 is 3.48. The van der Waals surface area contributed by atoms with Crippen molar-refractivity contribution in [3.63, 3.8) is 0 Å². The largest absolute Gasteiger partial charge is 0.497 e. The Morgan fingerprint density at radius 3 is 2.10 bits per heavy atom. The lowest BCUT2D eigenvalue weighted by Gasteiger charge is -2.15. The lowest BCUT2D eigenvalue weighted by Crippen LogP contribution is -2.01. The summed E-state index contributed by atoms with van der Waals surface area (Å²) in [6.07, 6.45) is -0.642. The molecular weight excluding hydrogens is 316 g/mol. The fourth-order valence-electron chi connectivity index (χ4n) is 2.10. The lowest BCUT2D eigenvalue weighted by atomic mass is 9.97. The van der Waals surface area contributed by atoms with Gasteiger partial charge in [0.15, 0.2) is 0 Å². The van der Waals surface area contributed by atoms with Gasteiger partial charge in [0.1, 0.15) is 11.9 Å². The summed E-state index contributed by atoms with van der Waals surface area (Å²) in [6, 6.07) is 13.7. The van der Waals surface area contributed by atoms with Crippen LogP contribution in [-0.2, 0) is 0 Å². The van der Waals surface area contributed by atoms with E-state index in [0.29, 0.717) is 5.92 Å². The third kappa shape index (κ3) is 3.22. The van der Waals surface area contributed by atoms with Crippen LogP contribution in [0, 0.1) is 0 Å². The van der Waals surface area contributed by atoms with Crippen LogP contribution in [-0.4, -0.2) is 12.2 Å². The lowest BCUT2D eigenvalue weighted by molar-refractivity contribution is 0.219. The highest BCUT2D eigenvalue weighted by atomic mass is 79.9. The Morgan fingerprint density at radius 2 is 1.60 bits per heavy atom. The monoisotopic (exact) mass is 334 g/mol.